The van der Waals surface area contributed by atoms with Crippen molar-refractivity contribution in [2.24, 2.45) is 0 Å². The molecular weight excluding hydrogens is 612 g/mol. The molecule has 0 aliphatic carbocycles. The molecule has 1 aromatic heterocycles. The van der Waals surface area contributed by atoms with Gasteiger partial charge >= 0.3 is 0 Å². The van der Waals surface area contributed by atoms with Crippen molar-refractivity contribution in [3.8, 4) is 27.9 Å². The molecule has 45 heavy (non-hydrogen) atoms. The van der Waals surface area contributed by atoms with Crippen LogP contribution >= 0.6 is 15.9 Å². The molecule has 0 aliphatic heterocycles. The van der Waals surface area contributed by atoms with Gasteiger partial charge in [-0.3, -0.25) is 0 Å². The van der Waals surface area contributed by atoms with Gasteiger partial charge in [-0.05, 0) is 76.9 Å². The molecule has 2 nitrogen and oxygen atoms in total. The molecule has 1 heterocycles. The topological polar surface area (TPSA) is 8.17 Å². The van der Waals surface area contributed by atoms with E-state index in [2.05, 4.69) is 201 Å². The summed E-state index contributed by atoms with van der Waals surface area (Å²) in [6.45, 7) is 0. The Hall–Kier alpha value is -5.38. The molecule has 0 aliphatic rings. The molecule has 0 amide bonds. The number of benzene rings is 7. The van der Waals surface area contributed by atoms with Crippen LogP contribution in [-0.4, -0.2) is 4.57 Å². The summed E-state index contributed by atoms with van der Waals surface area (Å²) in [4.78, 5) is 2.34. The van der Waals surface area contributed by atoms with Gasteiger partial charge in [0, 0.05) is 38.0 Å². The zero-order valence-electron chi connectivity index (χ0n) is 24.5. The molecule has 0 saturated heterocycles. The van der Waals surface area contributed by atoms with Crippen molar-refractivity contribution in [3.05, 3.63) is 180 Å². The zero-order valence-corrected chi connectivity index (χ0v) is 26.1. The maximum absolute atomic E-state index is 3.90. The number of nitrogens with zero attached hydrogens (tertiary/aromatic N) is 2. The van der Waals surface area contributed by atoms with Crippen LogP contribution in [0.3, 0.4) is 0 Å². The molecule has 0 fully saturated rings. The summed E-state index contributed by atoms with van der Waals surface area (Å²) in [7, 11) is 0. The molecule has 214 valence electrons. The van der Waals surface area contributed by atoms with E-state index < -0.39 is 0 Å². The number of rotatable bonds is 6. The van der Waals surface area contributed by atoms with Gasteiger partial charge in [0.1, 0.15) is 0 Å². The van der Waals surface area contributed by atoms with Gasteiger partial charge in [-0.25, -0.2) is 0 Å². The highest BCUT2D eigenvalue weighted by Gasteiger charge is 2.19. The summed E-state index contributed by atoms with van der Waals surface area (Å²) in [5.74, 6) is 0. The fourth-order valence-electron chi connectivity index (χ4n) is 6.45. The highest BCUT2D eigenvalue weighted by atomic mass is 79.9. The van der Waals surface area contributed by atoms with E-state index in [1.165, 1.54) is 44.1 Å². The van der Waals surface area contributed by atoms with Crippen LogP contribution in [0, 0.1) is 0 Å². The predicted octanol–water partition coefficient (Wildman–Crippen LogP) is 12.3. The van der Waals surface area contributed by atoms with Crippen molar-refractivity contribution < 1.29 is 0 Å². The van der Waals surface area contributed by atoms with Crippen LogP contribution in [0.2, 0.25) is 0 Å². The molecule has 7 aromatic carbocycles. The van der Waals surface area contributed by atoms with Gasteiger partial charge in [-0.1, -0.05) is 137 Å². The number of hydrogen-bond acceptors (Lipinski definition) is 1. The highest BCUT2D eigenvalue weighted by molar-refractivity contribution is 9.10. The molecule has 8 rings (SSSR count). The van der Waals surface area contributed by atoms with Gasteiger partial charge in [-0.2, -0.15) is 0 Å². The summed E-state index contributed by atoms with van der Waals surface area (Å²) in [5.41, 5.74) is 11.5. The third kappa shape index (κ3) is 5.02. The third-order valence-electron chi connectivity index (χ3n) is 8.39. The second-order valence-corrected chi connectivity index (χ2v) is 12.1. The SMILES string of the molecule is Brc1cc(N(c2ccccc2)c2cccc(-c3ccccc3)c2)cc(-n2c3ccccc3c3c(-c4ccccc4)cccc32)c1. The molecule has 0 saturated carbocycles. The zero-order chi connectivity index (χ0) is 30.2. The van der Waals surface area contributed by atoms with Crippen LogP contribution in [-0.2, 0) is 0 Å². The maximum Gasteiger partial charge on any atom is 0.0547 e. The summed E-state index contributed by atoms with van der Waals surface area (Å²) in [5, 5.41) is 2.50. The quantitative estimate of drug-likeness (QED) is 0.175. The lowest BCUT2D eigenvalue weighted by Crippen LogP contribution is -2.10. The van der Waals surface area contributed by atoms with Gasteiger partial charge in [0.2, 0.25) is 0 Å². The van der Waals surface area contributed by atoms with Crippen LogP contribution in [0.1, 0.15) is 0 Å². The summed E-state index contributed by atoms with van der Waals surface area (Å²) >= 11 is 3.90. The van der Waals surface area contributed by atoms with Crippen molar-refractivity contribution in [2.45, 2.75) is 0 Å². The Balaban J connectivity index is 1.35. The Morgan fingerprint density at radius 3 is 1.80 bits per heavy atom. The van der Waals surface area contributed by atoms with Gasteiger partial charge in [-0.15, -0.1) is 0 Å². The fraction of sp³-hybridized carbons (Fsp3) is 0. The predicted molar refractivity (Wildman–Crippen MR) is 194 cm³/mol. The summed E-state index contributed by atoms with van der Waals surface area (Å²) < 4.78 is 3.41. The minimum absolute atomic E-state index is 1.01. The number of aromatic nitrogens is 1. The van der Waals surface area contributed by atoms with E-state index in [0.717, 1.165) is 27.2 Å². The van der Waals surface area contributed by atoms with E-state index in [1.54, 1.807) is 0 Å². The molecule has 3 heteroatoms. The standard InChI is InChI=1S/C42H29BrN2/c43-33-27-36(44(34-19-8-3-9-20-34)35-21-12-18-32(26-35)30-14-4-1-5-15-30)29-37(28-33)45-40-24-11-10-22-39(40)42-38(23-13-25-41(42)45)31-16-6-2-7-17-31/h1-29H. The molecule has 0 N–H and O–H groups in total. The van der Waals surface area contributed by atoms with Crippen LogP contribution in [0.25, 0.3) is 49.7 Å². The number of fused-ring (bicyclic) bond motifs is 3. The molecule has 0 radical (unpaired) electrons. The van der Waals surface area contributed by atoms with Crippen LogP contribution < -0.4 is 4.90 Å². The lowest BCUT2D eigenvalue weighted by Gasteiger charge is -2.27. The van der Waals surface area contributed by atoms with Gasteiger partial charge in [0.05, 0.1) is 11.0 Å². The second-order valence-electron chi connectivity index (χ2n) is 11.2. The largest absolute Gasteiger partial charge is 0.310 e. The van der Waals surface area contributed by atoms with Crippen molar-refractivity contribution in [1.29, 1.82) is 0 Å². The van der Waals surface area contributed by atoms with Crippen LogP contribution in [0.4, 0.5) is 17.1 Å². The van der Waals surface area contributed by atoms with Crippen molar-refractivity contribution >= 4 is 54.8 Å². The number of hydrogen-bond donors (Lipinski definition) is 0. The summed E-state index contributed by atoms with van der Waals surface area (Å²) in [6.07, 6.45) is 0. The molecule has 8 aromatic rings. The lowest BCUT2D eigenvalue weighted by molar-refractivity contribution is 1.16. The molecule has 0 bridgehead atoms. The second kappa shape index (κ2) is 11.6. The highest BCUT2D eigenvalue weighted by Crippen LogP contribution is 2.42. The summed E-state index contributed by atoms with van der Waals surface area (Å²) in [6, 6.07) is 62.7. The average molecular weight is 642 g/mol. The van der Waals surface area contributed by atoms with Crippen LogP contribution in [0.15, 0.2) is 180 Å². The molecular formula is C42H29BrN2. The first kappa shape index (κ1) is 27.2. The first-order chi connectivity index (χ1) is 22.2. The van der Waals surface area contributed by atoms with Gasteiger partial charge in [0.15, 0.2) is 0 Å². The van der Waals surface area contributed by atoms with Crippen molar-refractivity contribution in [1.82, 2.24) is 4.57 Å². The van der Waals surface area contributed by atoms with E-state index >= 15 is 0 Å². The number of halogens is 1. The fourth-order valence-corrected chi connectivity index (χ4v) is 6.92. The Labute approximate surface area is 271 Å². The average Bonchev–Trinajstić information content (AvgIpc) is 3.44. The minimum atomic E-state index is 1.01. The van der Waals surface area contributed by atoms with Crippen molar-refractivity contribution in [2.75, 3.05) is 4.90 Å². The Morgan fingerprint density at radius 1 is 0.422 bits per heavy atom. The normalized spacial score (nSPS) is 11.2. The Bertz CT molecular complexity index is 2270. The molecule has 0 spiro atoms. The number of anilines is 3. The first-order valence-corrected chi connectivity index (χ1v) is 15.9. The van der Waals surface area contributed by atoms with E-state index in [9.17, 15) is 0 Å². The Kier molecular flexibility index (Phi) is 7.01. The van der Waals surface area contributed by atoms with Gasteiger partial charge < -0.3 is 9.47 Å². The Morgan fingerprint density at radius 2 is 1.02 bits per heavy atom. The lowest BCUT2D eigenvalue weighted by atomic mass is 9.99. The maximum atomic E-state index is 3.90. The van der Waals surface area contributed by atoms with E-state index in [0.29, 0.717) is 0 Å². The monoisotopic (exact) mass is 640 g/mol. The molecule has 0 atom stereocenters. The van der Waals surface area contributed by atoms with E-state index in [4.69, 9.17) is 0 Å². The molecule has 0 unspecified atom stereocenters. The van der Waals surface area contributed by atoms with Gasteiger partial charge in [0.25, 0.3) is 0 Å². The van der Waals surface area contributed by atoms with E-state index in [-0.39, 0.29) is 0 Å². The third-order valence-corrected chi connectivity index (χ3v) is 8.85. The first-order valence-electron chi connectivity index (χ1n) is 15.1. The minimum Gasteiger partial charge on any atom is -0.310 e. The number of para-hydroxylation sites is 2. The smallest absolute Gasteiger partial charge is 0.0547 e. The van der Waals surface area contributed by atoms with Crippen molar-refractivity contribution in [3.63, 3.8) is 0 Å². The van der Waals surface area contributed by atoms with Crippen LogP contribution in [0.5, 0.6) is 0 Å². The van der Waals surface area contributed by atoms with E-state index in [1.807, 2.05) is 0 Å².